The molecule has 1 nitrogen and oxygen atoms in total. The predicted molar refractivity (Wildman–Crippen MR) is 48.8 cm³/mol. The number of Topliss-reactive ketones (excluding diaryl/α,β-unsaturated/α-hetero) is 1. The van der Waals surface area contributed by atoms with E-state index in [1.807, 2.05) is 6.92 Å². The fraction of sp³-hybridized carbons (Fsp3) is 0.727. The van der Waals surface area contributed by atoms with Gasteiger partial charge in [0.1, 0.15) is 0 Å². The summed E-state index contributed by atoms with van der Waals surface area (Å²) in [5, 5.41) is 0. The molecule has 12 heavy (non-hydrogen) atoms. The molecule has 0 aromatic heterocycles. The van der Waals surface area contributed by atoms with Gasteiger partial charge in [-0.1, -0.05) is 19.9 Å². The summed E-state index contributed by atoms with van der Waals surface area (Å²) in [4.78, 5) is 11.7. The number of hydrogen-bond donors (Lipinski definition) is 0. The van der Waals surface area contributed by atoms with Crippen LogP contribution >= 0.6 is 0 Å². The average Bonchev–Trinajstić information content (AvgIpc) is 2.18. The molecule has 3 aliphatic rings. The van der Waals surface area contributed by atoms with Crippen molar-refractivity contribution in [1.82, 2.24) is 0 Å². The Morgan fingerprint density at radius 3 is 2.75 bits per heavy atom. The standard InChI is InChI=1S/C11H16O/c1-7-4-5-8-6-9(10(7)12)11(8,2)3/h4,8-9H,5-6H2,1-3H3/t8-,9+/m1/s1. The van der Waals surface area contributed by atoms with Gasteiger partial charge in [0.15, 0.2) is 5.78 Å². The fourth-order valence-electron chi connectivity index (χ4n) is 2.56. The van der Waals surface area contributed by atoms with Crippen molar-refractivity contribution < 1.29 is 4.79 Å². The minimum atomic E-state index is 0.269. The molecule has 0 saturated heterocycles. The van der Waals surface area contributed by atoms with Crippen LogP contribution in [0.15, 0.2) is 11.6 Å². The van der Waals surface area contributed by atoms with Crippen LogP contribution in [0.3, 0.4) is 0 Å². The van der Waals surface area contributed by atoms with Crippen molar-refractivity contribution >= 4 is 5.78 Å². The van der Waals surface area contributed by atoms with E-state index in [1.165, 1.54) is 0 Å². The van der Waals surface area contributed by atoms with Crippen molar-refractivity contribution in [3.05, 3.63) is 11.6 Å². The third kappa shape index (κ3) is 0.825. The molecule has 0 amide bonds. The Morgan fingerprint density at radius 1 is 1.50 bits per heavy atom. The zero-order valence-electron chi connectivity index (χ0n) is 8.05. The fourth-order valence-corrected chi connectivity index (χ4v) is 2.56. The minimum Gasteiger partial charge on any atom is -0.294 e. The Kier molecular flexibility index (Phi) is 1.48. The van der Waals surface area contributed by atoms with E-state index in [9.17, 15) is 4.79 Å². The van der Waals surface area contributed by atoms with Gasteiger partial charge in [0.2, 0.25) is 0 Å². The van der Waals surface area contributed by atoms with Crippen LogP contribution in [0.1, 0.15) is 33.6 Å². The number of fused-ring (bicyclic) bond motifs is 2. The molecule has 66 valence electrons. The van der Waals surface area contributed by atoms with Crippen LogP contribution in [0.2, 0.25) is 0 Å². The first-order chi connectivity index (χ1) is 5.53. The first-order valence-electron chi connectivity index (χ1n) is 4.74. The van der Waals surface area contributed by atoms with Crippen molar-refractivity contribution in [2.24, 2.45) is 17.3 Å². The summed E-state index contributed by atoms with van der Waals surface area (Å²) in [6, 6.07) is 0. The van der Waals surface area contributed by atoms with Gasteiger partial charge in [0.05, 0.1) is 0 Å². The van der Waals surface area contributed by atoms with Gasteiger partial charge < -0.3 is 0 Å². The van der Waals surface area contributed by atoms with Gasteiger partial charge in [0.25, 0.3) is 0 Å². The highest BCUT2D eigenvalue weighted by atomic mass is 16.1. The summed E-state index contributed by atoms with van der Waals surface area (Å²) in [6.45, 7) is 6.42. The van der Waals surface area contributed by atoms with Crippen LogP contribution in [0.5, 0.6) is 0 Å². The van der Waals surface area contributed by atoms with Crippen LogP contribution < -0.4 is 0 Å². The maximum absolute atomic E-state index is 11.7. The monoisotopic (exact) mass is 164 g/mol. The van der Waals surface area contributed by atoms with Crippen LogP contribution in [0.25, 0.3) is 0 Å². The summed E-state index contributed by atoms with van der Waals surface area (Å²) in [5.74, 6) is 1.47. The highest BCUT2D eigenvalue weighted by Crippen LogP contribution is 2.55. The lowest BCUT2D eigenvalue weighted by molar-refractivity contribution is -0.132. The lowest BCUT2D eigenvalue weighted by atomic mass is 9.53. The highest BCUT2D eigenvalue weighted by Gasteiger charge is 2.52. The normalized spacial score (nSPS) is 38.2. The first kappa shape index (κ1) is 8.03. The third-order valence-corrected chi connectivity index (χ3v) is 3.88. The zero-order chi connectivity index (χ0) is 8.93. The molecule has 1 fully saturated rings. The SMILES string of the molecule is CC1=CC[C@@H]2C[C@@H](C1=O)C2(C)C. The molecule has 2 bridgehead atoms. The summed E-state index contributed by atoms with van der Waals surface area (Å²) < 4.78 is 0. The van der Waals surface area contributed by atoms with Crippen molar-refractivity contribution in [2.45, 2.75) is 33.6 Å². The van der Waals surface area contributed by atoms with E-state index in [1.54, 1.807) is 0 Å². The van der Waals surface area contributed by atoms with Crippen molar-refractivity contribution in [3.8, 4) is 0 Å². The Hall–Kier alpha value is -0.590. The second kappa shape index (κ2) is 2.21. The molecule has 0 spiro atoms. The lowest BCUT2D eigenvalue weighted by Crippen LogP contribution is -2.47. The highest BCUT2D eigenvalue weighted by molar-refractivity contribution is 5.98. The number of carbonyl (C=O) groups is 1. The van der Waals surface area contributed by atoms with E-state index < -0.39 is 0 Å². The molecule has 0 aromatic carbocycles. The number of allylic oxidation sites excluding steroid dienone is 2. The first-order valence-corrected chi connectivity index (χ1v) is 4.74. The van der Waals surface area contributed by atoms with Gasteiger partial charge in [-0.25, -0.2) is 0 Å². The lowest BCUT2D eigenvalue weighted by Gasteiger charge is -2.50. The topological polar surface area (TPSA) is 17.1 Å². The van der Waals surface area contributed by atoms with Gasteiger partial charge in [-0.3, -0.25) is 4.79 Å². The third-order valence-electron chi connectivity index (χ3n) is 3.88. The Balaban J connectivity index is 2.33. The van der Waals surface area contributed by atoms with Crippen molar-refractivity contribution in [3.63, 3.8) is 0 Å². The van der Waals surface area contributed by atoms with Crippen molar-refractivity contribution in [1.29, 1.82) is 0 Å². The summed E-state index contributed by atoms with van der Waals surface area (Å²) in [7, 11) is 0. The minimum absolute atomic E-state index is 0.269. The van der Waals surface area contributed by atoms with Crippen LogP contribution in [-0.2, 0) is 4.79 Å². The van der Waals surface area contributed by atoms with E-state index in [0.29, 0.717) is 11.7 Å². The number of ketones is 1. The number of carbonyl (C=O) groups excluding carboxylic acids is 1. The quantitative estimate of drug-likeness (QED) is 0.537. The van der Waals surface area contributed by atoms with Gasteiger partial charge in [-0.15, -0.1) is 0 Å². The molecule has 0 N–H and O–H groups in total. The van der Waals surface area contributed by atoms with Crippen LogP contribution in [0.4, 0.5) is 0 Å². The molecule has 3 rings (SSSR count). The molecular formula is C11H16O. The Morgan fingerprint density at radius 2 is 2.17 bits per heavy atom. The van der Waals surface area contributed by atoms with Gasteiger partial charge in [-0.05, 0) is 36.7 Å². The number of rotatable bonds is 0. The molecule has 0 unspecified atom stereocenters. The van der Waals surface area contributed by atoms with Gasteiger partial charge >= 0.3 is 0 Å². The van der Waals surface area contributed by atoms with E-state index in [-0.39, 0.29) is 5.41 Å². The molecular weight excluding hydrogens is 148 g/mol. The summed E-state index contributed by atoms with van der Waals surface area (Å²) >= 11 is 0. The van der Waals surface area contributed by atoms with E-state index in [4.69, 9.17) is 0 Å². The number of hydrogen-bond acceptors (Lipinski definition) is 1. The molecule has 1 heteroatoms. The largest absolute Gasteiger partial charge is 0.294 e. The molecule has 1 saturated carbocycles. The van der Waals surface area contributed by atoms with Gasteiger partial charge in [-0.2, -0.15) is 0 Å². The Bertz CT molecular complexity index is 260. The molecule has 0 radical (unpaired) electrons. The predicted octanol–water partition coefficient (Wildman–Crippen LogP) is 2.57. The maximum Gasteiger partial charge on any atom is 0.161 e. The zero-order valence-corrected chi connectivity index (χ0v) is 8.05. The van der Waals surface area contributed by atoms with E-state index in [0.717, 1.165) is 24.3 Å². The average molecular weight is 164 g/mol. The smallest absolute Gasteiger partial charge is 0.161 e. The second-order valence-corrected chi connectivity index (χ2v) is 4.79. The summed E-state index contributed by atoms with van der Waals surface area (Å²) in [5.41, 5.74) is 1.26. The molecule has 3 aliphatic carbocycles. The van der Waals surface area contributed by atoms with E-state index in [2.05, 4.69) is 19.9 Å². The maximum atomic E-state index is 11.7. The van der Waals surface area contributed by atoms with Crippen LogP contribution in [-0.4, -0.2) is 5.78 Å². The van der Waals surface area contributed by atoms with Crippen molar-refractivity contribution in [2.75, 3.05) is 0 Å². The molecule has 0 aromatic rings. The van der Waals surface area contributed by atoms with Crippen LogP contribution in [0, 0.1) is 17.3 Å². The van der Waals surface area contributed by atoms with Gasteiger partial charge in [0, 0.05) is 5.92 Å². The summed E-state index contributed by atoms with van der Waals surface area (Å²) in [6.07, 6.45) is 4.36. The second-order valence-electron chi connectivity index (χ2n) is 4.79. The molecule has 0 heterocycles. The molecule has 0 aliphatic heterocycles. The van der Waals surface area contributed by atoms with E-state index >= 15 is 0 Å². The molecule has 2 atom stereocenters. The Labute approximate surface area is 73.8 Å².